The predicted octanol–water partition coefficient (Wildman–Crippen LogP) is 6.93. The number of fused-ring (bicyclic) bond motifs is 5. The van der Waals surface area contributed by atoms with E-state index < -0.39 is 11.0 Å². The molecule has 1 aromatic carbocycles. The minimum atomic E-state index is -0.983. The molecule has 4 nitrogen and oxygen atoms in total. The molecule has 0 amide bonds. The van der Waals surface area contributed by atoms with Crippen molar-refractivity contribution in [2.24, 2.45) is 39.9 Å². The molecule has 4 fully saturated rings. The summed E-state index contributed by atoms with van der Waals surface area (Å²) in [5.41, 5.74) is -0.0544. The molecular formula is C32H48O4. The van der Waals surface area contributed by atoms with Crippen LogP contribution in [0.15, 0.2) is 30.3 Å². The number of esters is 1. The van der Waals surface area contributed by atoms with E-state index in [0.29, 0.717) is 25.0 Å². The van der Waals surface area contributed by atoms with Crippen molar-refractivity contribution in [1.29, 1.82) is 0 Å². The highest BCUT2D eigenvalue weighted by Gasteiger charge is 2.63. The highest BCUT2D eigenvalue weighted by molar-refractivity contribution is 5.77. The van der Waals surface area contributed by atoms with Gasteiger partial charge in [-0.15, -0.1) is 0 Å². The highest BCUT2D eigenvalue weighted by Crippen LogP contribution is 2.68. The summed E-state index contributed by atoms with van der Waals surface area (Å²) in [7, 11) is 0. The molecule has 0 spiro atoms. The van der Waals surface area contributed by atoms with E-state index >= 15 is 0 Å². The van der Waals surface area contributed by atoms with E-state index in [-0.39, 0.29) is 16.8 Å². The van der Waals surface area contributed by atoms with E-state index in [4.69, 9.17) is 9.47 Å². The Hall–Kier alpha value is -1.39. The lowest BCUT2D eigenvalue weighted by Crippen LogP contribution is -2.60. The van der Waals surface area contributed by atoms with Crippen molar-refractivity contribution in [3.8, 4) is 0 Å². The van der Waals surface area contributed by atoms with Crippen molar-refractivity contribution < 1.29 is 19.4 Å². The molecule has 0 saturated heterocycles. The number of carbonyl (C=O) groups is 1. The summed E-state index contributed by atoms with van der Waals surface area (Å²) in [6.45, 7) is 11.7. The lowest BCUT2D eigenvalue weighted by atomic mass is 9.43. The van der Waals surface area contributed by atoms with Crippen molar-refractivity contribution >= 4 is 5.97 Å². The zero-order valence-electron chi connectivity index (χ0n) is 23.2. The Balaban J connectivity index is 1.29. The first-order chi connectivity index (χ1) is 17.0. The van der Waals surface area contributed by atoms with Crippen molar-refractivity contribution in [1.82, 2.24) is 0 Å². The minimum Gasteiger partial charge on any atom is -0.465 e. The Labute approximate surface area is 218 Å². The van der Waals surface area contributed by atoms with Gasteiger partial charge in [0.15, 0.2) is 0 Å². The summed E-state index contributed by atoms with van der Waals surface area (Å²) in [5.74, 6) is 2.44. The fraction of sp³-hybridized carbons (Fsp3) is 0.781. The van der Waals surface area contributed by atoms with Gasteiger partial charge in [0.2, 0.25) is 0 Å². The summed E-state index contributed by atoms with van der Waals surface area (Å²) in [5, 5.41) is 11.8. The zero-order valence-corrected chi connectivity index (χ0v) is 23.2. The second-order valence-electron chi connectivity index (χ2n) is 13.6. The molecular weight excluding hydrogens is 448 g/mol. The average molecular weight is 497 g/mol. The van der Waals surface area contributed by atoms with Gasteiger partial charge in [-0.1, -0.05) is 44.2 Å². The van der Waals surface area contributed by atoms with Crippen LogP contribution in [0.2, 0.25) is 0 Å². The quantitative estimate of drug-likeness (QED) is 0.434. The van der Waals surface area contributed by atoms with E-state index in [1.165, 1.54) is 44.1 Å². The van der Waals surface area contributed by atoms with Crippen LogP contribution < -0.4 is 0 Å². The van der Waals surface area contributed by atoms with Gasteiger partial charge in [0.1, 0.15) is 0 Å². The molecule has 4 aliphatic carbocycles. The van der Waals surface area contributed by atoms with Gasteiger partial charge in [-0.25, -0.2) is 0 Å². The molecule has 0 aliphatic heterocycles. The van der Waals surface area contributed by atoms with Crippen molar-refractivity contribution in [3.63, 3.8) is 0 Å². The van der Waals surface area contributed by atoms with Gasteiger partial charge in [0.05, 0.1) is 30.3 Å². The third-order valence-corrected chi connectivity index (χ3v) is 11.9. The topological polar surface area (TPSA) is 55.8 Å². The van der Waals surface area contributed by atoms with E-state index in [2.05, 4.69) is 44.2 Å². The molecule has 1 N–H and O–H groups in total. The normalized spacial score (nSPS) is 42.2. The van der Waals surface area contributed by atoms with Crippen LogP contribution in [0.25, 0.3) is 0 Å². The average Bonchev–Trinajstić information content (AvgIpc) is 3.20. The van der Waals surface area contributed by atoms with Gasteiger partial charge >= 0.3 is 5.97 Å². The number of carbonyl (C=O) groups excluding carboxylic acids is 1. The number of ether oxygens (including phenoxy) is 2. The zero-order chi connectivity index (χ0) is 25.8. The van der Waals surface area contributed by atoms with Gasteiger partial charge < -0.3 is 14.6 Å². The maximum Gasteiger partial charge on any atom is 0.314 e. The molecule has 0 bridgehead atoms. The second kappa shape index (κ2) is 9.42. The molecule has 8 atom stereocenters. The number of hydrogen-bond donors (Lipinski definition) is 1. The molecule has 36 heavy (non-hydrogen) atoms. The molecule has 200 valence electrons. The van der Waals surface area contributed by atoms with E-state index in [1.54, 1.807) is 0 Å². The standard InChI is InChI=1S/C32H48O4/c1-6-35-28(33)29(2,3)32(34)19-18-30(4)23(20-32)12-13-24-25-14-15-27(31(25,5)17-16-26(24)30)36-21-22-10-8-7-9-11-22/h7-11,23-27,34H,6,12-21H2,1-5H3/t23-,24-,25-,26+,27-,30-,31-,32-/m0/s1. The van der Waals surface area contributed by atoms with Crippen LogP contribution in [0.4, 0.5) is 0 Å². The van der Waals surface area contributed by atoms with Crippen LogP contribution in [0.3, 0.4) is 0 Å². The van der Waals surface area contributed by atoms with Gasteiger partial charge in [0, 0.05) is 0 Å². The molecule has 0 unspecified atom stereocenters. The first kappa shape index (κ1) is 26.2. The largest absolute Gasteiger partial charge is 0.465 e. The van der Waals surface area contributed by atoms with Crippen LogP contribution >= 0.6 is 0 Å². The minimum absolute atomic E-state index is 0.254. The number of benzene rings is 1. The van der Waals surface area contributed by atoms with Crippen LogP contribution in [0.5, 0.6) is 0 Å². The third kappa shape index (κ3) is 4.06. The molecule has 0 aromatic heterocycles. The molecule has 5 rings (SSSR count). The predicted molar refractivity (Wildman–Crippen MR) is 142 cm³/mol. The molecule has 4 saturated carbocycles. The molecule has 0 radical (unpaired) electrons. The summed E-state index contributed by atoms with van der Waals surface area (Å²) in [6, 6.07) is 10.6. The first-order valence-electron chi connectivity index (χ1n) is 14.6. The van der Waals surface area contributed by atoms with E-state index in [0.717, 1.165) is 37.2 Å². The molecule has 4 aliphatic rings. The summed E-state index contributed by atoms with van der Waals surface area (Å²) >= 11 is 0. The Morgan fingerprint density at radius 1 is 0.972 bits per heavy atom. The molecule has 4 heteroatoms. The van der Waals surface area contributed by atoms with Gasteiger partial charge in [0.25, 0.3) is 0 Å². The molecule has 1 aromatic rings. The van der Waals surface area contributed by atoms with E-state index in [9.17, 15) is 9.90 Å². The lowest BCUT2D eigenvalue weighted by Gasteiger charge is -2.63. The number of aliphatic hydroxyl groups is 1. The highest BCUT2D eigenvalue weighted by atomic mass is 16.5. The monoisotopic (exact) mass is 496 g/mol. The number of hydrogen-bond acceptors (Lipinski definition) is 4. The lowest BCUT2D eigenvalue weighted by molar-refractivity contribution is -0.200. The van der Waals surface area contributed by atoms with Crippen molar-refractivity contribution in [2.75, 3.05) is 6.61 Å². The SMILES string of the molecule is CCOC(=O)C(C)(C)[C@]1(O)CC[C@@]2(C)[C@@H](CC[C@@H]3[C@H]2CC[C@]2(C)[C@@H](OCc4ccccc4)CC[C@@H]32)C1. The maximum absolute atomic E-state index is 12.8. The van der Waals surface area contributed by atoms with Gasteiger partial charge in [-0.2, -0.15) is 0 Å². The summed E-state index contributed by atoms with van der Waals surface area (Å²) in [4.78, 5) is 12.8. The fourth-order valence-corrected chi connectivity index (χ4v) is 9.31. The van der Waals surface area contributed by atoms with Crippen molar-refractivity contribution in [3.05, 3.63) is 35.9 Å². The van der Waals surface area contributed by atoms with Crippen LogP contribution in [0, 0.1) is 39.9 Å². The van der Waals surface area contributed by atoms with E-state index in [1.807, 2.05) is 20.8 Å². The Morgan fingerprint density at radius 3 is 2.42 bits per heavy atom. The Kier molecular flexibility index (Phi) is 6.86. The Bertz CT molecular complexity index is 943. The molecule has 0 heterocycles. The van der Waals surface area contributed by atoms with Crippen LogP contribution in [-0.4, -0.2) is 29.4 Å². The van der Waals surface area contributed by atoms with Gasteiger partial charge in [-0.3, -0.25) is 4.79 Å². The van der Waals surface area contributed by atoms with Crippen LogP contribution in [0.1, 0.15) is 98.0 Å². The fourth-order valence-electron chi connectivity index (χ4n) is 9.31. The smallest absolute Gasteiger partial charge is 0.314 e. The van der Waals surface area contributed by atoms with Crippen molar-refractivity contribution in [2.45, 2.75) is 111 Å². The Morgan fingerprint density at radius 2 is 1.69 bits per heavy atom. The summed E-state index contributed by atoms with van der Waals surface area (Å²) < 4.78 is 12.0. The maximum atomic E-state index is 12.8. The van der Waals surface area contributed by atoms with Crippen LogP contribution in [-0.2, 0) is 20.9 Å². The number of rotatable bonds is 6. The first-order valence-corrected chi connectivity index (χ1v) is 14.6. The third-order valence-electron chi connectivity index (χ3n) is 11.9. The second-order valence-corrected chi connectivity index (χ2v) is 13.6. The van der Waals surface area contributed by atoms with Gasteiger partial charge in [-0.05, 0) is 119 Å². The summed E-state index contributed by atoms with van der Waals surface area (Å²) in [6.07, 6.45) is 10.2.